The van der Waals surface area contributed by atoms with Gasteiger partial charge in [-0.15, -0.1) is 0 Å². The summed E-state index contributed by atoms with van der Waals surface area (Å²) < 4.78 is 29.3. The zero-order valence-corrected chi connectivity index (χ0v) is 15.2. The lowest BCUT2D eigenvalue weighted by atomic mass is 10.2. The van der Waals surface area contributed by atoms with Gasteiger partial charge in [-0.05, 0) is 45.8 Å². The van der Waals surface area contributed by atoms with Gasteiger partial charge in [-0.25, -0.2) is 4.98 Å². The van der Waals surface area contributed by atoms with Gasteiger partial charge >= 0.3 is 6.61 Å². The number of thioether (sulfide) groups is 1. The van der Waals surface area contributed by atoms with Crippen molar-refractivity contribution >= 4 is 33.6 Å². The number of pyridine rings is 1. The van der Waals surface area contributed by atoms with Crippen molar-refractivity contribution in [3.8, 4) is 5.75 Å². The number of ether oxygens (including phenoxy) is 1. The van der Waals surface area contributed by atoms with Crippen molar-refractivity contribution < 1.29 is 18.3 Å². The number of aromatic nitrogens is 1. The molecule has 0 aliphatic rings. The summed E-state index contributed by atoms with van der Waals surface area (Å²) in [5, 5.41) is 0.757. The van der Waals surface area contributed by atoms with Gasteiger partial charge in [0.1, 0.15) is 10.8 Å². The maximum atomic E-state index is 12.2. The molecule has 2 aromatic rings. The van der Waals surface area contributed by atoms with E-state index in [0.717, 1.165) is 15.1 Å². The molecule has 1 aromatic heterocycles. The number of nitrogens with zero attached hydrogens (tertiary/aromatic N) is 2. The van der Waals surface area contributed by atoms with Crippen LogP contribution in [-0.2, 0) is 11.3 Å². The highest BCUT2D eigenvalue weighted by atomic mass is 79.9. The molecule has 0 atom stereocenters. The Labute approximate surface area is 151 Å². The third kappa shape index (κ3) is 5.76. The Balaban J connectivity index is 1.86. The summed E-state index contributed by atoms with van der Waals surface area (Å²) >= 11 is 4.74. The summed E-state index contributed by atoms with van der Waals surface area (Å²) in [6, 6.07) is 9.91. The van der Waals surface area contributed by atoms with Crippen molar-refractivity contribution in [1.82, 2.24) is 9.88 Å². The fourth-order valence-electron chi connectivity index (χ4n) is 1.86. The molecule has 0 N–H and O–H groups in total. The number of carbonyl (C=O) groups excluding carboxylic acids is 1. The van der Waals surface area contributed by atoms with Gasteiger partial charge in [0, 0.05) is 24.3 Å². The molecule has 4 nitrogen and oxygen atoms in total. The number of rotatable bonds is 7. The Kier molecular flexibility index (Phi) is 6.99. The average Bonchev–Trinajstić information content (AvgIpc) is 2.55. The first-order valence-corrected chi connectivity index (χ1v) is 8.74. The van der Waals surface area contributed by atoms with E-state index in [9.17, 15) is 13.6 Å². The molecule has 1 heterocycles. The number of carbonyl (C=O) groups is 1. The van der Waals surface area contributed by atoms with Gasteiger partial charge in [0.25, 0.3) is 0 Å². The normalized spacial score (nSPS) is 10.7. The molecule has 8 heteroatoms. The molecule has 0 spiro atoms. The second-order valence-corrected chi connectivity index (χ2v) is 6.67. The number of hydrogen-bond donors (Lipinski definition) is 0. The van der Waals surface area contributed by atoms with Crippen LogP contribution in [0.4, 0.5) is 8.78 Å². The molecule has 0 aliphatic heterocycles. The van der Waals surface area contributed by atoms with Crippen molar-refractivity contribution in [2.24, 2.45) is 0 Å². The van der Waals surface area contributed by atoms with Gasteiger partial charge in [0.2, 0.25) is 5.91 Å². The minimum Gasteiger partial charge on any atom is -0.435 e. The fraction of sp³-hybridized carbons (Fsp3) is 0.250. The predicted octanol–water partition coefficient (Wildman–Crippen LogP) is 4.20. The van der Waals surface area contributed by atoms with Gasteiger partial charge < -0.3 is 9.64 Å². The van der Waals surface area contributed by atoms with E-state index in [-0.39, 0.29) is 17.4 Å². The van der Waals surface area contributed by atoms with E-state index in [0.29, 0.717) is 6.54 Å². The van der Waals surface area contributed by atoms with Crippen LogP contribution in [0.15, 0.2) is 52.1 Å². The summed E-state index contributed by atoms with van der Waals surface area (Å²) in [6.07, 6.45) is 1.67. The van der Waals surface area contributed by atoms with E-state index in [4.69, 9.17) is 0 Å². The third-order valence-corrected chi connectivity index (χ3v) is 4.94. The van der Waals surface area contributed by atoms with Crippen LogP contribution in [0, 0.1) is 0 Å². The van der Waals surface area contributed by atoms with E-state index in [1.807, 2.05) is 12.1 Å². The van der Waals surface area contributed by atoms with Crippen LogP contribution in [0.1, 0.15) is 5.56 Å². The third-order valence-electron chi connectivity index (χ3n) is 3.05. The number of alkyl halides is 2. The molecular weight excluding hydrogens is 402 g/mol. The van der Waals surface area contributed by atoms with Crippen LogP contribution in [0.3, 0.4) is 0 Å². The molecular formula is C16H15BrF2N2O2S. The van der Waals surface area contributed by atoms with E-state index in [2.05, 4.69) is 25.7 Å². The standard InChI is InChI=1S/C16H15BrF2N2O2S/c1-21(9-11-4-6-12(7-5-11)23-16(18)19)14(22)10-24-15-13(17)3-2-8-20-15/h2-8,16H,9-10H2,1H3. The summed E-state index contributed by atoms with van der Waals surface area (Å²) in [5.74, 6) is 0.308. The monoisotopic (exact) mass is 416 g/mol. The Morgan fingerprint density at radius 3 is 2.67 bits per heavy atom. The van der Waals surface area contributed by atoms with Gasteiger partial charge in [0.15, 0.2) is 0 Å². The molecule has 0 saturated carbocycles. The van der Waals surface area contributed by atoms with E-state index in [1.165, 1.54) is 23.9 Å². The maximum Gasteiger partial charge on any atom is 0.387 e. The molecule has 24 heavy (non-hydrogen) atoms. The second kappa shape index (κ2) is 8.98. The molecule has 0 fully saturated rings. The first-order valence-electron chi connectivity index (χ1n) is 6.96. The molecule has 0 unspecified atom stereocenters. The Morgan fingerprint density at radius 2 is 2.04 bits per heavy atom. The number of benzene rings is 1. The van der Waals surface area contributed by atoms with Crippen molar-refractivity contribution in [1.29, 1.82) is 0 Å². The largest absolute Gasteiger partial charge is 0.435 e. The molecule has 0 bridgehead atoms. The molecule has 0 aliphatic carbocycles. The van der Waals surface area contributed by atoms with Crippen LogP contribution >= 0.6 is 27.7 Å². The summed E-state index contributed by atoms with van der Waals surface area (Å²) in [7, 11) is 1.69. The van der Waals surface area contributed by atoms with Crippen LogP contribution in [0.5, 0.6) is 5.75 Å². The molecule has 0 saturated heterocycles. The summed E-state index contributed by atoms with van der Waals surface area (Å²) in [4.78, 5) is 18.0. The van der Waals surface area contributed by atoms with Crippen molar-refractivity contribution in [2.45, 2.75) is 18.2 Å². The van der Waals surface area contributed by atoms with Gasteiger partial charge in [-0.2, -0.15) is 8.78 Å². The second-order valence-electron chi connectivity index (χ2n) is 4.85. The van der Waals surface area contributed by atoms with Gasteiger partial charge in [0.05, 0.1) is 5.75 Å². The molecule has 1 aromatic carbocycles. The Morgan fingerprint density at radius 1 is 1.33 bits per heavy atom. The maximum absolute atomic E-state index is 12.2. The lowest BCUT2D eigenvalue weighted by molar-refractivity contribution is -0.127. The van der Waals surface area contributed by atoms with Crippen LogP contribution in [0.25, 0.3) is 0 Å². The lowest BCUT2D eigenvalue weighted by Gasteiger charge is -2.17. The first kappa shape index (κ1) is 18.7. The SMILES string of the molecule is CN(Cc1ccc(OC(F)F)cc1)C(=O)CSc1ncccc1Br. The Hall–Kier alpha value is -1.67. The highest BCUT2D eigenvalue weighted by Gasteiger charge is 2.12. The quantitative estimate of drug-likeness (QED) is 0.634. The summed E-state index contributed by atoms with van der Waals surface area (Å²) in [5.41, 5.74) is 0.830. The van der Waals surface area contributed by atoms with Gasteiger partial charge in [-0.1, -0.05) is 23.9 Å². The lowest BCUT2D eigenvalue weighted by Crippen LogP contribution is -2.27. The zero-order chi connectivity index (χ0) is 17.5. The number of amides is 1. The Bertz CT molecular complexity index is 686. The highest BCUT2D eigenvalue weighted by Crippen LogP contribution is 2.24. The fourth-order valence-corrected chi connectivity index (χ4v) is 3.28. The summed E-state index contributed by atoms with van der Waals surface area (Å²) in [6.45, 7) is -2.46. The number of hydrogen-bond acceptors (Lipinski definition) is 4. The van der Waals surface area contributed by atoms with Crippen LogP contribution < -0.4 is 4.74 Å². The number of halogens is 3. The van der Waals surface area contributed by atoms with Crippen molar-refractivity contribution in [3.05, 3.63) is 52.6 Å². The molecule has 0 radical (unpaired) electrons. The minimum absolute atomic E-state index is 0.0505. The molecule has 1 amide bonds. The first-order chi connectivity index (χ1) is 11.5. The average molecular weight is 417 g/mol. The minimum atomic E-state index is -2.84. The van der Waals surface area contributed by atoms with E-state index >= 15 is 0 Å². The zero-order valence-electron chi connectivity index (χ0n) is 12.8. The predicted molar refractivity (Wildman–Crippen MR) is 92.2 cm³/mol. The molecule has 128 valence electrons. The van der Waals surface area contributed by atoms with Crippen molar-refractivity contribution in [2.75, 3.05) is 12.8 Å². The van der Waals surface area contributed by atoms with Crippen molar-refractivity contribution in [3.63, 3.8) is 0 Å². The van der Waals surface area contributed by atoms with Gasteiger partial charge in [-0.3, -0.25) is 4.79 Å². The van der Waals surface area contributed by atoms with E-state index < -0.39 is 6.61 Å². The van der Waals surface area contributed by atoms with Crippen LogP contribution in [0.2, 0.25) is 0 Å². The smallest absolute Gasteiger partial charge is 0.387 e. The van der Waals surface area contributed by atoms with E-state index in [1.54, 1.807) is 30.3 Å². The highest BCUT2D eigenvalue weighted by molar-refractivity contribution is 9.10. The molecule has 2 rings (SSSR count). The van der Waals surface area contributed by atoms with Crippen LogP contribution in [-0.4, -0.2) is 35.2 Å². The topological polar surface area (TPSA) is 42.4 Å².